The molecule has 1 aromatic rings. The van der Waals surface area contributed by atoms with Gasteiger partial charge in [-0.1, -0.05) is 24.3 Å². The average Bonchev–Trinajstić information content (AvgIpc) is 2.55. The standard InChI is InChI=1S/C18H21N3O2/c1-18-11-4-3-5-15(18)17(22)21(16(20-18)10-12-19)13-6-8-14(23-2)9-7-13/h3-9,11,15H,10,12,19H2,1-2H3. The lowest BCUT2D eigenvalue weighted by atomic mass is 9.80. The van der Waals surface area contributed by atoms with Gasteiger partial charge in [-0.25, -0.2) is 0 Å². The molecule has 3 rings (SSSR count). The Morgan fingerprint density at radius 3 is 2.70 bits per heavy atom. The number of fused-ring (bicyclic) bond motifs is 1. The molecule has 120 valence electrons. The largest absolute Gasteiger partial charge is 0.497 e. The summed E-state index contributed by atoms with van der Waals surface area (Å²) in [5.41, 5.74) is 5.99. The average molecular weight is 311 g/mol. The van der Waals surface area contributed by atoms with Gasteiger partial charge in [-0.2, -0.15) is 0 Å². The Morgan fingerprint density at radius 2 is 2.04 bits per heavy atom. The maximum Gasteiger partial charge on any atom is 0.242 e. The van der Waals surface area contributed by atoms with Gasteiger partial charge in [0.25, 0.3) is 0 Å². The van der Waals surface area contributed by atoms with Crippen LogP contribution in [-0.4, -0.2) is 30.9 Å². The second-order valence-corrected chi connectivity index (χ2v) is 5.89. The number of anilines is 1. The van der Waals surface area contributed by atoms with Crippen molar-refractivity contribution in [2.24, 2.45) is 16.6 Å². The van der Waals surface area contributed by atoms with E-state index >= 15 is 0 Å². The van der Waals surface area contributed by atoms with Crippen LogP contribution >= 0.6 is 0 Å². The van der Waals surface area contributed by atoms with Crippen molar-refractivity contribution in [3.05, 3.63) is 48.6 Å². The molecular formula is C18H21N3O2. The fraction of sp³-hybridized carbons (Fsp3) is 0.333. The zero-order chi connectivity index (χ0) is 16.4. The van der Waals surface area contributed by atoms with Crippen molar-refractivity contribution in [3.8, 4) is 5.75 Å². The predicted octanol–water partition coefficient (Wildman–Crippen LogP) is 2.29. The molecule has 2 atom stereocenters. The number of rotatable bonds is 4. The number of nitrogens with zero attached hydrogens (tertiary/aromatic N) is 2. The van der Waals surface area contributed by atoms with E-state index in [0.717, 1.165) is 11.4 Å². The molecule has 5 heteroatoms. The molecule has 0 radical (unpaired) electrons. The highest BCUT2D eigenvalue weighted by Crippen LogP contribution is 2.36. The third kappa shape index (κ3) is 2.68. The van der Waals surface area contributed by atoms with Crippen molar-refractivity contribution in [2.75, 3.05) is 18.6 Å². The molecule has 2 N–H and O–H groups in total. The molecule has 1 heterocycles. The van der Waals surface area contributed by atoms with Gasteiger partial charge in [-0.05, 0) is 37.7 Å². The highest BCUT2D eigenvalue weighted by molar-refractivity contribution is 6.20. The van der Waals surface area contributed by atoms with Gasteiger partial charge < -0.3 is 10.5 Å². The molecule has 2 aliphatic rings. The number of methoxy groups -OCH3 is 1. The minimum absolute atomic E-state index is 0.0247. The first-order valence-electron chi connectivity index (χ1n) is 7.72. The lowest BCUT2D eigenvalue weighted by molar-refractivity contribution is -0.121. The summed E-state index contributed by atoms with van der Waals surface area (Å²) in [7, 11) is 1.62. The number of aliphatic imine (C=N–C) groups is 1. The summed E-state index contributed by atoms with van der Waals surface area (Å²) in [5, 5.41) is 0. The van der Waals surface area contributed by atoms with Crippen LogP contribution in [0.2, 0.25) is 0 Å². The zero-order valence-electron chi connectivity index (χ0n) is 13.4. The highest BCUT2D eigenvalue weighted by atomic mass is 16.5. The first-order valence-corrected chi connectivity index (χ1v) is 7.72. The molecule has 1 amide bonds. The number of carbonyl (C=O) groups excluding carboxylic acids is 1. The quantitative estimate of drug-likeness (QED) is 0.927. The monoisotopic (exact) mass is 311 g/mol. The van der Waals surface area contributed by atoms with Crippen LogP contribution in [0.1, 0.15) is 13.3 Å². The minimum Gasteiger partial charge on any atom is -0.497 e. The first kappa shape index (κ1) is 15.5. The number of amides is 1. The molecular weight excluding hydrogens is 290 g/mol. The minimum atomic E-state index is -0.528. The molecule has 0 bridgehead atoms. The summed E-state index contributed by atoms with van der Waals surface area (Å²) in [6, 6.07) is 7.42. The normalized spacial score (nSPS) is 26.0. The Bertz CT molecular complexity index is 691. The maximum atomic E-state index is 13.1. The first-order chi connectivity index (χ1) is 11.1. The fourth-order valence-corrected chi connectivity index (χ4v) is 3.06. The molecule has 23 heavy (non-hydrogen) atoms. The third-order valence-electron chi connectivity index (χ3n) is 4.29. The van der Waals surface area contributed by atoms with E-state index in [-0.39, 0.29) is 11.8 Å². The maximum absolute atomic E-state index is 13.1. The van der Waals surface area contributed by atoms with E-state index in [1.165, 1.54) is 0 Å². The highest BCUT2D eigenvalue weighted by Gasteiger charge is 2.44. The topological polar surface area (TPSA) is 67.9 Å². The van der Waals surface area contributed by atoms with Gasteiger partial charge in [-0.3, -0.25) is 14.7 Å². The van der Waals surface area contributed by atoms with Gasteiger partial charge in [0, 0.05) is 6.42 Å². The molecule has 0 aromatic heterocycles. The van der Waals surface area contributed by atoms with Crippen LogP contribution in [0.5, 0.6) is 5.75 Å². The number of allylic oxidation sites excluding steroid dienone is 2. The van der Waals surface area contributed by atoms with Crippen molar-refractivity contribution >= 4 is 17.4 Å². The van der Waals surface area contributed by atoms with Crippen LogP contribution in [0.25, 0.3) is 0 Å². The van der Waals surface area contributed by atoms with Crippen LogP contribution in [0.4, 0.5) is 5.69 Å². The van der Waals surface area contributed by atoms with E-state index < -0.39 is 5.54 Å². The van der Waals surface area contributed by atoms with E-state index in [2.05, 4.69) is 0 Å². The number of ether oxygens (including phenoxy) is 1. The second-order valence-electron chi connectivity index (χ2n) is 5.89. The van der Waals surface area contributed by atoms with Gasteiger partial charge in [0.2, 0.25) is 5.91 Å². The summed E-state index contributed by atoms with van der Waals surface area (Å²) in [6.45, 7) is 2.43. The number of carbonyl (C=O) groups is 1. The number of hydrogen-bond donors (Lipinski definition) is 1. The molecule has 0 fully saturated rings. The Labute approximate surface area is 136 Å². The van der Waals surface area contributed by atoms with Crippen molar-refractivity contribution in [1.29, 1.82) is 0 Å². The Hall–Kier alpha value is -2.40. The lowest BCUT2D eigenvalue weighted by Gasteiger charge is -2.41. The van der Waals surface area contributed by atoms with E-state index in [1.807, 2.05) is 55.5 Å². The molecule has 0 spiro atoms. The summed E-state index contributed by atoms with van der Waals surface area (Å²) in [6.07, 6.45) is 8.30. The summed E-state index contributed by atoms with van der Waals surface area (Å²) < 4.78 is 5.19. The molecule has 0 saturated heterocycles. The molecule has 0 saturated carbocycles. The summed E-state index contributed by atoms with van der Waals surface area (Å²) in [4.78, 5) is 19.6. The molecule has 2 unspecified atom stereocenters. The third-order valence-corrected chi connectivity index (χ3v) is 4.29. The van der Waals surface area contributed by atoms with Crippen LogP contribution in [0.15, 0.2) is 53.6 Å². The van der Waals surface area contributed by atoms with E-state index in [1.54, 1.807) is 12.0 Å². The smallest absolute Gasteiger partial charge is 0.242 e. The Morgan fingerprint density at radius 1 is 1.30 bits per heavy atom. The van der Waals surface area contributed by atoms with Crippen molar-refractivity contribution < 1.29 is 9.53 Å². The van der Waals surface area contributed by atoms with Crippen molar-refractivity contribution in [1.82, 2.24) is 0 Å². The number of nitrogens with two attached hydrogens (primary N) is 1. The molecule has 1 aromatic carbocycles. The molecule has 1 aliphatic carbocycles. The van der Waals surface area contributed by atoms with Crippen LogP contribution < -0.4 is 15.4 Å². The van der Waals surface area contributed by atoms with E-state index in [4.69, 9.17) is 15.5 Å². The second kappa shape index (κ2) is 6.01. The van der Waals surface area contributed by atoms with Crippen LogP contribution in [0, 0.1) is 5.92 Å². The van der Waals surface area contributed by atoms with Gasteiger partial charge in [0.05, 0.1) is 24.3 Å². The van der Waals surface area contributed by atoms with E-state index in [0.29, 0.717) is 18.8 Å². The van der Waals surface area contributed by atoms with Gasteiger partial charge in [0.15, 0.2) is 0 Å². The molecule has 1 aliphatic heterocycles. The van der Waals surface area contributed by atoms with Gasteiger partial charge in [0.1, 0.15) is 11.6 Å². The SMILES string of the molecule is COc1ccc(N2C(=O)C3C=CC=CC3(C)N=C2CCN)cc1. The van der Waals surface area contributed by atoms with E-state index in [9.17, 15) is 4.79 Å². The van der Waals surface area contributed by atoms with Crippen molar-refractivity contribution in [2.45, 2.75) is 18.9 Å². The lowest BCUT2D eigenvalue weighted by Crippen LogP contribution is -2.53. The predicted molar refractivity (Wildman–Crippen MR) is 91.8 cm³/mol. The zero-order valence-corrected chi connectivity index (χ0v) is 13.4. The summed E-state index contributed by atoms with van der Waals surface area (Å²) >= 11 is 0. The van der Waals surface area contributed by atoms with Crippen LogP contribution in [-0.2, 0) is 4.79 Å². The summed E-state index contributed by atoms with van der Waals surface area (Å²) in [5.74, 6) is 1.19. The van der Waals surface area contributed by atoms with Crippen LogP contribution in [0.3, 0.4) is 0 Å². The number of hydrogen-bond acceptors (Lipinski definition) is 4. The molecule has 5 nitrogen and oxygen atoms in total. The van der Waals surface area contributed by atoms with Gasteiger partial charge >= 0.3 is 0 Å². The fourth-order valence-electron chi connectivity index (χ4n) is 3.06. The van der Waals surface area contributed by atoms with Crippen molar-refractivity contribution in [3.63, 3.8) is 0 Å². The Kier molecular flexibility index (Phi) is 4.05. The van der Waals surface area contributed by atoms with Gasteiger partial charge in [-0.15, -0.1) is 0 Å². The number of benzene rings is 1. The Balaban J connectivity index is 2.06. The number of amidine groups is 1.